The van der Waals surface area contributed by atoms with E-state index in [1.54, 1.807) is 0 Å². The Morgan fingerprint density at radius 1 is 0.842 bits per heavy atom. The van der Waals surface area contributed by atoms with Crippen LogP contribution in [0.25, 0.3) is 39.5 Å². The largest absolute Gasteiger partial charge is 0.299 e. The molecule has 4 rings (SSSR count). The fourth-order valence-electron chi connectivity index (χ4n) is 4.27. The van der Waals surface area contributed by atoms with E-state index in [1.165, 1.54) is 11.1 Å². The second kappa shape index (κ2) is 14.2. The zero-order valence-corrected chi connectivity index (χ0v) is 22.5. The minimum atomic E-state index is 0.857. The summed E-state index contributed by atoms with van der Waals surface area (Å²) in [6.07, 6.45) is 15.1. The molecule has 4 aromatic rings. The number of allylic oxidation sites excluding steroid dienone is 8. The van der Waals surface area contributed by atoms with Crippen LogP contribution in [0.2, 0.25) is 0 Å². The summed E-state index contributed by atoms with van der Waals surface area (Å²) in [7, 11) is 0. The highest BCUT2D eigenvalue weighted by Crippen LogP contribution is 2.31. The lowest BCUT2D eigenvalue weighted by atomic mass is 9.99. The maximum atomic E-state index is 5.13. The lowest BCUT2D eigenvalue weighted by molar-refractivity contribution is 1.07. The van der Waals surface area contributed by atoms with Gasteiger partial charge in [-0.25, -0.2) is 4.98 Å². The number of hydrogen-bond acceptors (Lipinski definition) is 1. The average Bonchev–Trinajstić information content (AvgIpc) is 3.44. The number of nitrogens with zero attached hydrogens (tertiary/aromatic N) is 2. The molecule has 0 saturated carbocycles. The SMILES string of the molecule is C=C.C=C/C=C(\CC=CC)c1cccc(-c2nc(-c3ccc(/C(C=C)=C/C)cc3)cn2-c2ccccc2)c1. The summed E-state index contributed by atoms with van der Waals surface area (Å²) in [4.78, 5) is 5.13. The molecule has 0 atom stereocenters. The van der Waals surface area contributed by atoms with E-state index in [9.17, 15) is 0 Å². The van der Waals surface area contributed by atoms with Crippen LogP contribution >= 0.6 is 0 Å². The van der Waals surface area contributed by atoms with Crippen molar-refractivity contribution in [2.45, 2.75) is 20.3 Å². The first-order valence-electron chi connectivity index (χ1n) is 12.8. The Bertz CT molecular complexity index is 1440. The number of para-hydroxylation sites is 1. The van der Waals surface area contributed by atoms with Gasteiger partial charge in [0.25, 0.3) is 0 Å². The molecule has 0 fully saturated rings. The van der Waals surface area contributed by atoms with Gasteiger partial charge >= 0.3 is 0 Å². The number of aromatic nitrogens is 2. The highest BCUT2D eigenvalue weighted by Gasteiger charge is 2.14. The van der Waals surface area contributed by atoms with Gasteiger partial charge in [-0.1, -0.05) is 110 Å². The first-order valence-corrected chi connectivity index (χ1v) is 12.8. The predicted octanol–water partition coefficient (Wildman–Crippen LogP) is 10.1. The molecule has 0 spiro atoms. The molecule has 0 N–H and O–H groups in total. The monoisotopic (exact) mass is 496 g/mol. The molecular formula is C36H36N2. The smallest absolute Gasteiger partial charge is 0.145 e. The molecular weight excluding hydrogens is 460 g/mol. The van der Waals surface area contributed by atoms with Crippen LogP contribution in [0.5, 0.6) is 0 Å². The van der Waals surface area contributed by atoms with E-state index < -0.39 is 0 Å². The van der Waals surface area contributed by atoms with Crippen molar-refractivity contribution >= 4 is 11.1 Å². The number of rotatable bonds is 9. The summed E-state index contributed by atoms with van der Waals surface area (Å²) in [5.74, 6) is 0.909. The molecule has 0 aliphatic carbocycles. The van der Waals surface area contributed by atoms with Gasteiger partial charge < -0.3 is 0 Å². The Labute approximate surface area is 228 Å². The molecule has 0 bridgehead atoms. The van der Waals surface area contributed by atoms with Crippen molar-refractivity contribution in [3.05, 3.63) is 159 Å². The number of imidazole rings is 1. The average molecular weight is 497 g/mol. The van der Waals surface area contributed by atoms with Crippen molar-refractivity contribution in [1.82, 2.24) is 9.55 Å². The van der Waals surface area contributed by atoms with Crippen molar-refractivity contribution in [3.63, 3.8) is 0 Å². The van der Waals surface area contributed by atoms with Gasteiger partial charge in [0, 0.05) is 23.0 Å². The standard InChI is InChI=1S/C34H32N2.C2H4/c1-5-9-15-27(14-6-2)30-16-13-17-31(24-30)34-35-33(25-36(34)32-18-11-10-12-19-32)29-22-20-28(21-23-29)26(7-3)8-4;1-2/h5-14,16-25H,2-3,15H2,1,4H3;1-2H2/b9-5?,26-8+,27-14+;. The highest BCUT2D eigenvalue weighted by molar-refractivity contribution is 5.76. The quantitative estimate of drug-likeness (QED) is 0.166. The topological polar surface area (TPSA) is 17.8 Å². The van der Waals surface area contributed by atoms with E-state index in [1.807, 2.05) is 32.1 Å². The number of benzene rings is 3. The first-order chi connectivity index (χ1) is 18.7. The van der Waals surface area contributed by atoms with Gasteiger partial charge in [0.1, 0.15) is 5.82 Å². The van der Waals surface area contributed by atoms with E-state index in [-0.39, 0.29) is 0 Å². The summed E-state index contributed by atoms with van der Waals surface area (Å²) in [5, 5.41) is 0. The van der Waals surface area contributed by atoms with Gasteiger partial charge in [0.05, 0.1) is 5.69 Å². The third-order valence-electron chi connectivity index (χ3n) is 6.17. The van der Waals surface area contributed by atoms with Crippen LogP contribution in [0.3, 0.4) is 0 Å². The lowest BCUT2D eigenvalue weighted by Gasteiger charge is -2.10. The van der Waals surface area contributed by atoms with Crippen LogP contribution in [-0.2, 0) is 0 Å². The summed E-state index contributed by atoms with van der Waals surface area (Å²) < 4.78 is 2.17. The highest BCUT2D eigenvalue weighted by atomic mass is 15.1. The van der Waals surface area contributed by atoms with Crippen LogP contribution < -0.4 is 0 Å². The number of hydrogen-bond donors (Lipinski definition) is 0. The molecule has 1 heterocycles. The molecule has 0 saturated heterocycles. The minimum absolute atomic E-state index is 0.857. The fourth-order valence-corrected chi connectivity index (χ4v) is 4.27. The molecule has 0 amide bonds. The van der Waals surface area contributed by atoms with E-state index >= 15 is 0 Å². The third kappa shape index (κ3) is 6.54. The molecule has 0 unspecified atom stereocenters. The molecule has 2 heteroatoms. The lowest BCUT2D eigenvalue weighted by Crippen LogP contribution is -1.96. The van der Waals surface area contributed by atoms with Gasteiger partial charge in [-0.05, 0) is 60.7 Å². The van der Waals surface area contributed by atoms with Crippen molar-refractivity contribution < 1.29 is 0 Å². The first kappa shape index (κ1) is 27.9. The van der Waals surface area contributed by atoms with Crippen LogP contribution in [-0.4, -0.2) is 9.55 Å². The van der Waals surface area contributed by atoms with Crippen molar-refractivity contribution in [1.29, 1.82) is 0 Å². The maximum absolute atomic E-state index is 5.13. The van der Waals surface area contributed by atoms with Gasteiger partial charge in [0.15, 0.2) is 0 Å². The summed E-state index contributed by atoms with van der Waals surface area (Å²) >= 11 is 0. The molecule has 1 aromatic heterocycles. The van der Waals surface area contributed by atoms with Gasteiger partial charge in [-0.2, -0.15) is 0 Å². The Morgan fingerprint density at radius 2 is 1.58 bits per heavy atom. The van der Waals surface area contributed by atoms with E-state index in [4.69, 9.17) is 4.98 Å². The van der Waals surface area contributed by atoms with Gasteiger partial charge in [-0.15, -0.1) is 13.2 Å². The zero-order valence-electron chi connectivity index (χ0n) is 22.5. The summed E-state index contributed by atoms with van der Waals surface area (Å²) in [6.45, 7) is 17.9. The summed E-state index contributed by atoms with van der Waals surface area (Å²) in [6, 6.07) is 27.5. The Morgan fingerprint density at radius 3 is 2.21 bits per heavy atom. The van der Waals surface area contributed by atoms with Crippen LogP contribution in [0.4, 0.5) is 0 Å². The van der Waals surface area contributed by atoms with E-state index in [0.29, 0.717) is 0 Å². The second-order valence-corrected chi connectivity index (χ2v) is 8.46. The van der Waals surface area contributed by atoms with Crippen LogP contribution in [0.1, 0.15) is 31.4 Å². The fraction of sp³-hybridized carbons (Fsp3) is 0.0833. The van der Waals surface area contributed by atoms with Crippen molar-refractivity contribution in [2.75, 3.05) is 0 Å². The van der Waals surface area contributed by atoms with E-state index in [0.717, 1.165) is 45.9 Å². The van der Waals surface area contributed by atoms with Gasteiger partial charge in [0.2, 0.25) is 0 Å². The minimum Gasteiger partial charge on any atom is -0.299 e. The van der Waals surface area contributed by atoms with Gasteiger partial charge in [-0.3, -0.25) is 4.57 Å². The Kier molecular flexibility index (Phi) is 10.4. The molecule has 190 valence electrons. The maximum Gasteiger partial charge on any atom is 0.145 e. The van der Waals surface area contributed by atoms with Crippen LogP contribution in [0, 0.1) is 0 Å². The summed E-state index contributed by atoms with van der Waals surface area (Å²) in [5.41, 5.74) is 8.81. The molecule has 0 aliphatic heterocycles. The molecule has 0 radical (unpaired) electrons. The third-order valence-corrected chi connectivity index (χ3v) is 6.17. The molecule has 3 aromatic carbocycles. The second-order valence-electron chi connectivity index (χ2n) is 8.46. The Balaban J connectivity index is 0.00000195. The molecule has 2 nitrogen and oxygen atoms in total. The van der Waals surface area contributed by atoms with Crippen molar-refractivity contribution in [3.8, 4) is 28.3 Å². The Hall–Kier alpha value is -4.69. The van der Waals surface area contributed by atoms with E-state index in [2.05, 4.69) is 134 Å². The predicted molar refractivity (Wildman–Crippen MR) is 167 cm³/mol. The zero-order chi connectivity index (χ0) is 27.3. The molecule has 38 heavy (non-hydrogen) atoms. The van der Waals surface area contributed by atoms with Crippen molar-refractivity contribution in [2.24, 2.45) is 0 Å². The van der Waals surface area contributed by atoms with Crippen LogP contribution in [0.15, 0.2) is 148 Å². The normalized spacial score (nSPS) is 11.6. The molecule has 0 aliphatic rings.